The smallest absolute Gasteiger partial charge is 0.0504 e. The van der Waals surface area contributed by atoms with E-state index in [0.29, 0.717) is 5.92 Å². The zero-order chi connectivity index (χ0) is 8.15. The van der Waals surface area contributed by atoms with Crippen LogP contribution >= 0.6 is 12.2 Å². The van der Waals surface area contributed by atoms with Gasteiger partial charge in [-0.05, 0) is 24.1 Å². The van der Waals surface area contributed by atoms with E-state index in [4.69, 9.17) is 17.3 Å². The van der Waals surface area contributed by atoms with E-state index >= 15 is 0 Å². The van der Waals surface area contributed by atoms with Crippen molar-refractivity contribution >= 4 is 17.1 Å². The van der Waals surface area contributed by atoms with Crippen LogP contribution in [0.1, 0.15) is 27.2 Å². The van der Waals surface area contributed by atoms with Gasteiger partial charge in [0.1, 0.15) is 0 Å². The van der Waals surface area contributed by atoms with E-state index in [1.807, 2.05) is 6.92 Å². The molecule has 0 aliphatic carbocycles. The van der Waals surface area contributed by atoms with Crippen LogP contribution in [-0.4, -0.2) is 16.6 Å². The van der Waals surface area contributed by atoms with Gasteiger partial charge in [-0.25, -0.2) is 0 Å². The highest BCUT2D eigenvalue weighted by molar-refractivity contribution is 7.80. The molecule has 0 heterocycles. The predicted molar refractivity (Wildman–Crippen MR) is 48.3 cm³/mol. The molecular weight excluding hydrogens is 144 g/mol. The highest BCUT2D eigenvalue weighted by Gasteiger charge is 2.10. The van der Waals surface area contributed by atoms with Gasteiger partial charge < -0.3 is 5.11 Å². The fourth-order valence-corrected chi connectivity index (χ4v) is 1.11. The van der Waals surface area contributed by atoms with Crippen molar-refractivity contribution in [1.82, 2.24) is 0 Å². The molecule has 0 aromatic carbocycles. The first-order chi connectivity index (χ1) is 4.57. The minimum Gasteiger partial charge on any atom is -0.396 e. The van der Waals surface area contributed by atoms with Crippen LogP contribution < -0.4 is 0 Å². The first-order valence-corrected chi connectivity index (χ1v) is 4.10. The van der Waals surface area contributed by atoms with Gasteiger partial charge in [-0.1, -0.05) is 26.1 Å². The molecule has 60 valence electrons. The monoisotopic (exact) mass is 160 g/mol. The van der Waals surface area contributed by atoms with Crippen molar-refractivity contribution in [2.45, 2.75) is 27.2 Å². The molecule has 0 aromatic rings. The third-order valence-corrected chi connectivity index (χ3v) is 1.88. The minimum atomic E-state index is 0.202. The number of aliphatic hydroxyl groups is 1. The molecule has 1 nitrogen and oxygen atoms in total. The van der Waals surface area contributed by atoms with Gasteiger partial charge in [-0.2, -0.15) is 0 Å². The Morgan fingerprint density at radius 3 is 2.10 bits per heavy atom. The van der Waals surface area contributed by atoms with Gasteiger partial charge in [-0.15, -0.1) is 0 Å². The van der Waals surface area contributed by atoms with Crippen molar-refractivity contribution in [3.63, 3.8) is 0 Å². The average molecular weight is 160 g/mol. The first-order valence-electron chi connectivity index (χ1n) is 3.69. The molecule has 0 aliphatic heterocycles. The summed E-state index contributed by atoms with van der Waals surface area (Å²) in [6.07, 6.45) is 1.01. The summed E-state index contributed by atoms with van der Waals surface area (Å²) in [7, 11) is 0. The molecule has 0 fully saturated rings. The van der Waals surface area contributed by atoms with E-state index in [0.717, 1.165) is 11.3 Å². The van der Waals surface area contributed by atoms with Gasteiger partial charge in [0.2, 0.25) is 0 Å². The molecule has 1 N–H and O–H groups in total. The lowest BCUT2D eigenvalue weighted by atomic mass is 9.96. The summed E-state index contributed by atoms with van der Waals surface area (Å²) in [5, 5.41) is 8.86. The molecular formula is C8H16OS. The molecule has 0 saturated heterocycles. The lowest BCUT2D eigenvalue weighted by molar-refractivity contribution is 0.246. The van der Waals surface area contributed by atoms with Gasteiger partial charge in [0.25, 0.3) is 0 Å². The Morgan fingerprint density at radius 1 is 1.50 bits per heavy atom. The molecule has 0 aliphatic rings. The normalized spacial score (nSPS) is 13.7. The predicted octanol–water partition coefficient (Wildman–Crippen LogP) is 2.03. The highest BCUT2D eigenvalue weighted by Crippen LogP contribution is 2.12. The van der Waals surface area contributed by atoms with Crippen molar-refractivity contribution in [3.8, 4) is 0 Å². The third kappa shape index (κ3) is 3.96. The summed E-state index contributed by atoms with van der Waals surface area (Å²) in [4.78, 5) is 0.927. The molecule has 10 heavy (non-hydrogen) atoms. The largest absolute Gasteiger partial charge is 0.396 e. The molecule has 0 radical (unpaired) electrons. The Hall–Kier alpha value is 0.0500. The number of thiocarbonyl (C=S) groups is 1. The summed E-state index contributed by atoms with van der Waals surface area (Å²) < 4.78 is 0. The van der Waals surface area contributed by atoms with Crippen molar-refractivity contribution in [2.75, 3.05) is 6.61 Å². The Balaban J connectivity index is 3.72. The molecule has 0 rings (SSSR count). The van der Waals surface area contributed by atoms with Gasteiger partial charge >= 0.3 is 0 Å². The quantitative estimate of drug-likeness (QED) is 0.635. The zero-order valence-electron chi connectivity index (χ0n) is 6.92. The Morgan fingerprint density at radius 2 is 2.00 bits per heavy atom. The fraction of sp³-hybridized carbons (Fsp3) is 0.875. The van der Waals surface area contributed by atoms with Crippen LogP contribution in [-0.2, 0) is 0 Å². The van der Waals surface area contributed by atoms with Crippen molar-refractivity contribution in [1.29, 1.82) is 0 Å². The number of hydrogen-bond donors (Lipinski definition) is 1. The van der Waals surface area contributed by atoms with Gasteiger partial charge in [-0.3, -0.25) is 0 Å². The summed E-state index contributed by atoms with van der Waals surface area (Å²) in [6.45, 7) is 6.38. The number of rotatable bonds is 4. The van der Waals surface area contributed by atoms with Crippen molar-refractivity contribution in [2.24, 2.45) is 11.8 Å². The molecule has 2 heteroatoms. The summed E-state index contributed by atoms with van der Waals surface area (Å²) in [5.74, 6) is 0.852. The Kier molecular flexibility index (Phi) is 4.83. The van der Waals surface area contributed by atoms with E-state index in [-0.39, 0.29) is 12.5 Å². The van der Waals surface area contributed by atoms with E-state index in [9.17, 15) is 0 Å². The lowest BCUT2D eigenvalue weighted by Gasteiger charge is -2.14. The van der Waals surface area contributed by atoms with Crippen LogP contribution in [0, 0.1) is 11.8 Å². The van der Waals surface area contributed by atoms with Crippen molar-refractivity contribution < 1.29 is 5.11 Å². The Labute approximate surface area is 68.4 Å². The Bertz CT molecular complexity index is 110. The number of hydrogen-bond acceptors (Lipinski definition) is 2. The summed E-state index contributed by atoms with van der Waals surface area (Å²) in [5.41, 5.74) is 0. The van der Waals surface area contributed by atoms with Crippen LogP contribution in [0.15, 0.2) is 0 Å². The minimum absolute atomic E-state index is 0.202. The second-order valence-electron chi connectivity index (χ2n) is 3.12. The molecule has 0 saturated carbocycles. The molecule has 0 amide bonds. The molecule has 0 spiro atoms. The van der Waals surface area contributed by atoms with Crippen LogP contribution in [0.4, 0.5) is 0 Å². The maximum Gasteiger partial charge on any atom is 0.0504 e. The van der Waals surface area contributed by atoms with Crippen molar-refractivity contribution in [3.05, 3.63) is 0 Å². The highest BCUT2D eigenvalue weighted by atomic mass is 32.1. The molecule has 0 aromatic heterocycles. The summed E-state index contributed by atoms with van der Waals surface area (Å²) in [6, 6.07) is 0. The van der Waals surface area contributed by atoms with E-state index in [1.165, 1.54) is 0 Å². The average Bonchev–Trinajstić information content (AvgIpc) is 1.81. The van der Waals surface area contributed by atoms with E-state index in [1.54, 1.807) is 0 Å². The number of aliphatic hydroxyl groups excluding tert-OH is 1. The molecule has 1 atom stereocenters. The SMILES string of the molecule is CC(=S)[C@@H](CO)CC(C)C. The maximum atomic E-state index is 8.86. The zero-order valence-corrected chi connectivity index (χ0v) is 7.74. The van der Waals surface area contributed by atoms with Gasteiger partial charge in [0.15, 0.2) is 0 Å². The lowest BCUT2D eigenvalue weighted by Crippen LogP contribution is -2.15. The fourth-order valence-electron chi connectivity index (χ4n) is 0.938. The first kappa shape index (κ1) is 10.0. The topological polar surface area (TPSA) is 20.2 Å². The molecule has 0 bridgehead atoms. The third-order valence-electron chi connectivity index (χ3n) is 1.55. The van der Waals surface area contributed by atoms with Crippen LogP contribution in [0.25, 0.3) is 0 Å². The second-order valence-corrected chi connectivity index (χ2v) is 3.76. The van der Waals surface area contributed by atoms with Gasteiger partial charge in [0, 0.05) is 5.92 Å². The van der Waals surface area contributed by atoms with E-state index in [2.05, 4.69) is 13.8 Å². The maximum absolute atomic E-state index is 8.86. The second kappa shape index (κ2) is 4.80. The van der Waals surface area contributed by atoms with Crippen LogP contribution in [0.5, 0.6) is 0 Å². The molecule has 0 unspecified atom stereocenters. The standard InChI is InChI=1S/C8H16OS/c1-6(2)4-8(5-9)7(3)10/h6,8-9H,4-5H2,1-3H3/t8-/m1/s1. The summed E-state index contributed by atoms with van der Waals surface area (Å²) >= 11 is 4.97. The van der Waals surface area contributed by atoms with Gasteiger partial charge in [0.05, 0.1) is 6.61 Å². The van der Waals surface area contributed by atoms with Crippen LogP contribution in [0.2, 0.25) is 0 Å². The van der Waals surface area contributed by atoms with E-state index < -0.39 is 0 Å². The van der Waals surface area contributed by atoms with Crippen LogP contribution in [0.3, 0.4) is 0 Å².